The monoisotopic (exact) mass is 498 g/mol. The van der Waals surface area contributed by atoms with Gasteiger partial charge in [0, 0.05) is 36.0 Å². The van der Waals surface area contributed by atoms with Crippen LogP contribution in [0.2, 0.25) is 5.02 Å². The molecule has 2 N–H and O–H groups in total. The van der Waals surface area contributed by atoms with Crippen LogP contribution >= 0.6 is 11.6 Å². The molecular weight excluding hydrogens is 475 g/mol. The van der Waals surface area contributed by atoms with Crippen LogP contribution in [0.5, 0.6) is 5.88 Å². The second-order valence-corrected chi connectivity index (χ2v) is 8.19. The molecule has 0 aliphatic rings. The Morgan fingerprint density at radius 3 is 2.80 bits per heavy atom. The third kappa shape index (κ3) is 5.67. The van der Waals surface area contributed by atoms with Crippen LogP contribution < -0.4 is 10.1 Å². The number of hydrogen-bond donors (Lipinski definition) is 2. The van der Waals surface area contributed by atoms with Gasteiger partial charge < -0.3 is 20.1 Å². The molecule has 182 valence electrons. The van der Waals surface area contributed by atoms with E-state index in [0.717, 1.165) is 16.3 Å². The van der Waals surface area contributed by atoms with E-state index in [1.807, 2.05) is 31.2 Å². The van der Waals surface area contributed by atoms with Crippen LogP contribution in [-0.2, 0) is 6.73 Å². The van der Waals surface area contributed by atoms with Gasteiger partial charge in [-0.3, -0.25) is 0 Å². The molecule has 2 amide bonds. The van der Waals surface area contributed by atoms with Crippen molar-refractivity contribution in [1.29, 1.82) is 0 Å². The first-order valence-corrected chi connectivity index (χ1v) is 11.3. The van der Waals surface area contributed by atoms with Crippen LogP contribution in [0.3, 0.4) is 0 Å². The molecule has 11 heteroatoms. The van der Waals surface area contributed by atoms with Gasteiger partial charge in [0.15, 0.2) is 6.73 Å². The summed E-state index contributed by atoms with van der Waals surface area (Å²) >= 11 is 5.86. The summed E-state index contributed by atoms with van der Waals surface area (Å²) in [4.78, 5) is 23.2. The first-order chi connectivity index (χ1) is 17.0. The molecule has 0 aliphatic carbocycles. The van der Waals surface area contributed by atoms with E-state index in [1.54, 1.807) is 17.4 Å². The van der Waals surface area contributed by atoms with Gasteiger partial charge in [0.05, 0.1) is 11.1 Å². The van der Waals surface area contributed by atoms with E-state index in [2.05, 4.69) is 20.4 Å². The zero-order valence-electron chi connectivity index (χ0n) is 18.9. The Bertz CT molecular complexity index is 1300. The van der Waals surface area contributed by atoms with Crippen molar-refractivity contribution >= 4 is 34.1 Å². The summed E-state index contributed by atoms with van der Waals surface area (Å²) in [5.41, 5.74) is 1.17. The first kappa shape index (κ1) is 24.4. The maximum Gasteiger partial charge on any atom is 0.322 e. The van der Waals surface area contributed by atoms with Crippen molar-refractivity contribution in [2.45, 2.75) is 26.1 Å². The molecule has 0 unspecified atom stereocenters. The average molecular weight is 499 g/mol. The standard InChI is InChI=1S/C24H24ClFN6O3/c1-16(32(9-4-10-33)24(34)30-17-7-8-22(26)21(25)11-17)20-12-28-23(19-6-3-2-5-18(19)20)35-15-31-14-27-13-29-31/h2-3,5-8,11-14,16,33H,4,9-10,15H2,1H3,(H,30,34)/t16-/m1/s1. The maximum absolute atomic E-state index is 13.5. The van der Waals surface area contributed by atoms with Gasteiger partial charge in [0.2, 0.25) is 5.88 Å². The Kier molecular flexibility index (Phi) is 7.74. The minimum absolute atomic E-state index is 0.0765. The quantitative estimate of drug-likeness (QED) is 0.348. The van der Waals surface area contributed by atoms with Gasteiger partial charge in [-0.15, -0.1) is 0 Å². The SMILES string of the molecule is C[C@H](c1cnc(OCn2cncn2)c2ccccc12)N(CCCO)C(=O)Nc1ccc(F)c(Cl)c1. The molecule has 9 nitrogen and oxygen atoms in total. The van der Waals surface area contributed by atoms with Gasteiger partial charge in [-0.2, -0.15) is 5.10 Å². The van der Waals surface area contributed by atoms with Crippen LogP contribution in [0.4, 0.5) is 14.9 Å². The summed E-state index contributed by atoms with van der Waals surface area (Å²) in [7, 11) is 0. The number of carbonyl (C=O) groups excluding carboxylic acids is 1. The van der Waals surface area contributed by atoms with Crippen LogP contribution in [-0.4, -0.2) is 48.9 Å². The van der Waals surface area contributed by atoms with Crippen LogP contribution in [0, 0.1) is 5.82 Å². The van der Waals surface area contributed by atoms with Gasteiger partial charge in [-0.1, -0.05) is 29.8 Å². The number of rotatable bonds is 9. The Morgan fingerprint density at radius 1 is 1.29 bits per heavy atom. The number of anilines is 1. The number of ether oxygens (including phenoxy) is 1. The van der Waals surface area contributed by atoms with Gasteiger partial charge in [-0.25, -0.2) is 23.8 Å². The number of amides is 2. The molecule has 4 aromatic rings. The average Bonchev–Trinajstić information content (AvgIpc) is 3.38. The summed E-state index contributed by atoms with van der Waals surface area (Å²) < 4.78 is 20.9. The Balaban J connectivity index is 1.61. The van der Waals surface area contributed by atoms with Crippen LogP contribution in [0.1, 0.15) is 24.9 Å². The number of aromatic nitrogens is 4. The number of nitrogens with zero attached hydrogens (tertiary/aromatic N) is 5. The highest BCUT2D eigenvalue weighted by molar-refractivity contribution is 6.31. The first-order valence-electron chi connectivity index (χ1n) is 10.9. The summed E-state index contributed by atoms with van der Waals surface area (Å²) in [6.07, 6.45) is 5.03. The topological polar surface area (TPSA) is 105 Å². The van der Waals surface area contributed by atoms with Crippen molar-refractivity contribution < 1.29 is 19.0 Å². The van der Waals surface area contributed by atoms with Gasteiger partial charge in [0.25, 0.3) is 0 Å². The highest BCUT2D eigenvalue weighted by atomic mass is 35.5. The van der Waals surface area contributed by atoms with Gasteiger partial charge >= 0.3 is 6.03 Å². The highest BCUT2D eigenvalue weighted by Gasteiger charge is 2.24. The van der Waals surface area contributed by atoms with Crippen molar-refractivity contribution in [2.75, 3.05) is 18.5 Å². The van der Waals surface area contributed by atoms with E-state index in [4.69, 9.17) is 16.3 Å². The summed E-state index contributed by atoms with van der Waals surface area (Å²) in [6, 6.07) is 10.8. The number of urea groups is 1. The van der Waals surface area contributed by atoms with Crippen LogP contribution in [0.25, 0.3) is 10.8 Å². The molecule has 35 heavy (non-hydrogen) atoms. The molecule has 2 aromatic heterocycles. The predicted octanol–water partition coefficient (Wildman–Crippen LogP) is 4.63. The second kappa shape index (κ2) is 11.1. The molecule has 4 rings (SSSR count). The summed E-state index contributed by atoms with van der Waals surface area (Å²) in [6.45, 7) is 2.25. The molecule has 2 aromatic carbocycles. The lowest BCUT2D eigenvalue weighted by molar-refractivity contribution is 0.182. The van der Waals surface area contributed by atoms with E-state index in [9.17, 15) is 14.3 Å². The zero-order chi connectivity index (χ0) is 24.8. The largest absolute Gasteiger partial charge is 0.454 e. The summed E-state index contributed by atoms with van der Waals surface area (Å²) in [5, 5.41) is 17.7. The lowest BCUT2D eigenvalue weighted by Gasteiger charge is -2.30. The Labute approximate surface area is 206 Å². The summed E-state index contributed by atoms with van der Waals surface area (Å²) in [5.74, 6) is -0.141. The lowest BCUT2D eigenvalue weighted by atomic mass is 10.0. The Morgan fingerprint density at radius 2 is 2.09 bits per heavy atom. The molecule has 1 atom stereocenters. The highest BCUT2D eigenvalue weighted by Crippen LogP contribution is 2.32. The number of halogens is 2. The van der Waals surface area contributed by atoms with E-state index < -0.39 is 17.9 Å². The molecule has 0 aliphatic heterocycles. The number of aliphatic hydroxyl groups is 1. The molecule has 0 fully saturated rings. The number of pyridine rings is 1. The molecule has 0 radical (unpaired) electrons. The smallest absolute Gasteiger partial charge is 0.322 e. The van der Waals surface area contributed by atoms with Crippen molar-refractivity contribution in [2.24, 2.45) is 0 Å². The number of hydrogen-bond acceptors (Lipinski definition) is 6. The molecule has 0 spiro atoms. The number of aliphatic hydroxyl groups excluding tert-OH is 1. The number of benzene rings is 2. The number of carbonyl (C=O) groups is 1. The number of nitrogens with one attached hydrogen (secondary N) is 1. The maximum atomic E-state index is 13.5. The second-order valence-electron chi connectivity index (χ2n) is 7.78. The fourth-order valence-electron chi connectivity index (χ4n) is 3.71. The predicted molar refractivity (Wildman–Crippen MR) is 130 cm³/mol. The number of fused-ring (bicyclic) bond motifs is 1. The van der Waals surface area contributed by atoms with Crippen molar-refractivity contribution in [3.63, 3.8) is 0 Å². The fraction of sp³-hybridized carbons (Fsp3) is 0.250. The fourth-order valence-corrected chi connectivity index (χ4v) is 3.89. The van der Waals surface area contributed by atoms with Gasteiger partial charge in [-0.05, 0) is 43.0 Å². The minimum Gasteiger partial charge on any atom is -0.454 e. The third-order valence-corrected chi connectivity index (χ3v) is 5.79. The van der Waals surface area contributed by atoms with E-state index >= 15 is 0 Å². The van der Waals surface area contributed by atoms with Crippen molar-refractivity contribution in [3.8, 4) is 5.88 Å². The minimum atomic E-state index is -0.571. The van der Waals surface area contributed by atoms with Crippen LogP contribution in [0.15, 0.2) is 61.3 Å². The van der Waals surface area contributed by atoms with Crippen molar-refractivity contribution in [3.05, 3.63) is 77.7 Å². The van der Waals surface area contributed by atoms with Crippen molar-refractivity contribution in [1.82, 2.24) is 24.6 Å². The van der Waals surface area contributed by atoms with E-state index in [0.29, 0.717) is 18.0 Å². The van der Waals surface area contributed by atoms with E-state index in [-0.39, 0.29) is 24.9 Å². The molecule has 0 saturated carbocycles. The normalized spacial score (nSPS) is 11.9. The molecule has 0 saturated heterocycles. The Hall–Kier alpha value is -3.76. The molecular formula is C24H24ClFN6O3. The third-order valence-electron chi connectivity index (χ3n) is 5.50. The van der Waals surface area contributed by atoms with Gasteiger partial charge in [0.1, 0.15) is 18.5 Å². The van der Waals surface area contributed by atoms with E-state index in [1.165, 1.54) is 29.2 Å². The molecule has 0 bridgehead atoms. The zero-order valence-corrected chi connectivity index (χ0v) is 19.7. The lowest BCUT2D eigenvalue weighted by Crippen LogP contribution is -2.38. The molecule has 2 heterocycles.